The summed E-state index contributed by atoms with van der Waals surface area (Å²) in [5.74, 6) is 2.22. The summed E-state index contributed by atoms with van der Waals surface area (Å²) < 4.78 is 17.1. The highest BCUT2D eigenvalue weighted by Gasteiger charge is 2.28. The molecule has 1 unspecified atom stereocenters. The van der Waals surface area contributed by atoms with Gasteiger partial charge in [0.2, 0.25) is 0 Å². The quantitative estimate of drug-likeness (QED) is 0.324. The number of hydrogen-bond donors (Lipinski definition) is 1. The van der Waals surface area contributed by atoms with Gasteiger partial charge in [0.25, 0.3) is 0 Å². The summed E-state index contributed by atoms with van der Waals surface area (Å²) in [7, 11) is 3.12. The summed E-state index contributed by atoms with van der Waals surface area (Å²) in [6, 6.07) is 18.7. The zero-order chi connectivity index (χ0) is 25.8. The standard InChI is InChI=1S/C28H25N3O5/c1-17-18(2)24(36-25-12-13-30-21-15-27(35-4)26(34-3)14-20(21)25)11-10-22(17)31(28(32)33)23(16-29)19-8-6-5-7-9-19/h5-15,23H,1-4H3,(H,32,33). The second kappa shape index (κ2) is 10.2. The van der Waals surface area contributed by atoms with E-state index in [0.29, 0.717) is 45.3 Å². The fourth-order valence-corrected chi connectivity index (χ4v) is 4.08. The van der Waals surface area contributed by atoms with Crippen LogP contribution in [0.15, 0.2) is 66.9 Å². The minimum absolute atomic E-state index is 0.411. The Morgan fingerprint density at radius 1 is 0.944 bits per heavy atom. The molecule has 4 rings (SSSR count). The molecule has 182 valence electrons. The van der Waals surface area contributed by atoms with Crippen molar-refractivity contribution in [1.82, 2.24) is 4.98 Å². The minimum atomic E-state index is -1.22. The molecule has 1 N–H and O–H groups in total. The molecule has 3 aromatic carbocycles. The number of anilines is 1. The number of pyridine rings is 1. The Morgan fingerprint density at radius 3 is 2.28 bits per heavy atom. The van der Waals surface area contributed by atoms with Crippen molar-refractivity contribution >= 4 is 22.7 Å². The highest BCUT2D eigenvalue weighted by Crippen LogP contribution is 2.40. The summed E-state index contributed by atoms with van der Waals surface area (Å²) in [5.41, 5.74) is 3.10. The third kappa shape index (κ3) is 4.46. The van der Waals surface area contributed by atoms with Gasteiger partial charge in [-0.05, 0) is 54.8 Å². The molecule has 0 aliphatic rings. The SMILES string of the molecule is COc1cc2nccc(Oc3ccc(N(C(=O)O)C(C#N)c4ccccc4)c(C)c3C)c2cc1OC. The lowest BCUT2D eigenvalue weighted by Crippen LogP contribution is -2.33. The number of nitrogens with zero attached hydrogens (tertiary/aromatic N) is 3. The molecular weight excluding hydrogens is 458 g/mol. The van der Waals surface area contributed by atoms with E-state index in [2.05, 4.69) is 11.1 Å². The Balaban J connectivity index is 1.75. The number of benzene rings is 3. The van der Waals surface area contributed by atoms with Crippen molar-refractivity contribution < 1.29 is 24.1 Å². The molecule has 1 aromatic heterocycles. The van der Waals surface area contributed by atoms with Crippen molar-refractivity contribution in [2.45, 2.75) is 19.9 Å². The molecule has 1 amide bonds. The predicted molar refractivity (Wildman–Crippen MR) is 136 cm³/mol. The van der Waals surface area contributed by atoms with E-state index in [1.807, 2.05) is 19.9 Å². The van der Waals surface area contributed by atoms with Crippen LogP contribution in [0.2, 0.25) is 0 Å². The van der Waals surface area contributed by atoms with Gasteiger partial charge >= 0.3 is 6.09 Å². The predicted octanol–water partition coefficient (Wildman–Crippen LogP) is 6.41. The van der Waals surface area contributed by atoms with E-state index in [0.717, 1.165) is 15.8 Å². The third-order valence-corrected chi connectivity index (χ3v) is 6.10. The number of hydrogen-bond acceptors (Lipinski definition) is 6. The normalized spacial score (nSPS) is 11.4. The Bertz CT molecular complexity index is 1460. The van der Waals surface area contributed by atoms with Gasteiger partial charge < -0.3 is 19.3 Å². The maximum atomic E-state index is 12.3. The van der Waals surface area contributed by atoms with Crippen LogP contribution in [0.5, 0.6) is 23.0 Å². The van der Waals surface area contributed by atoms with Crippen LogP contribution in [0.3, 0.4) is 0 Å². The van der Waals surface area contributed by atoms with Gasteiger partial charge in [0.15, 0.2) is 17.5 Å². The van der Waals surface area contributed by atoms with Gasteiger partial charge in [-0.2, -0.15) is 5.26 Å². The number of carbonyl (C=O) groups is 1. The van der Waals surface area contributed by atoms with Crippen LogP contribution in [0.4, 0.5) is 10.5 Å². The summed E-state index contributed by atoms with van der Waals surface area (Å²) in [6.45, 7) is 3.66. The first-order chi connectivity index (χ1) is 17.4. The molecule has 0 bridgehead atoms. The summed E-state index contributed by atoms with van der Waals surface area (Å²) in [6.07, 6.45) is 0.423. The molecule has 0 saturated heterocycles. The summed E-state index contributed by atoms with van der Waals surface area (Å²) in [4.78, 5) is 17.8. The van der Waals surface area contributed by atoms with Crippen LogP contribution in [0, 0.1) is 25.2 Å². The zero-order valence-electron chi connectivity index (χ0n) is 20.4. The van der Waals surface area contributed by atoms with Gasteiger partial charge in [-0.1, -0.05) is 30.3 Å². The summed E-state index contributed by atoms with van der Waals surface area (Å²) >= 11 is 0. The number of rotatable bonds is 7. The van der Waals surface area contributed by atoms with Crippen molar-refractivity contribution in [2.75, 3.05) is 19.1 Å². The maximum Gasteiger partial charge on any atom is 0.413 e. The molecule has 0 aliphatic heterocycles. The van der Waals surface area contributed by atoms with Gasteiger partial charge in [0, 0.05) is 17.6 Å². The largest absolute Gasteiger partial charge is 0.493 e. The van der Waals surface area contributed by atoms with Crippen LogP contribution in [0.1, 0.15) is 22.7 Å². The lowest BCUT2D eigenvalue weighted by atomic mass is 10.0. The Hall–Kier alpha value is -4.77. The zero-order valence-corrected chi connectivity index (χ0v) is 20.4. The molecule has 0 spiro atoms. The van der Waals surface area contributed by atoms with Gasteiger partial charge in [-0.25, -0.2) is 4.79 Å². The average molecular weight is 484 g/mol. The monoisotopic (exact) mass is 483 g/mol. The van der Waals surface area contributed by atoms with Crippen molar-refractivity contribution in [3.63, 3.8) is 0 Å². The second-order valence-corrected chi connectivity index (χ2v) is 8.06. The molecule has 8 nitrogen and oxygen atoms in total. The van der Waals surface area contributed by atoms with E-state index in [4.69, 9.17) is 14.2 Å². The molecule has 8 heteroatoms. The highest BCUT2D eigenvalue weighted by atomic mass is 16.5. The molecule has 36 heavy (non-hydrogen) atoms. The van der Waals surface area contributed by atoms with Gasteiger partial charge in [-0.15, -0.1) is 0 Å². The second-order valence-electron chi connectivity index (χ2n) is 8.06. The van der Waals surface area contributed by atoms with Gasteiger partial charge in [0.1, 0.15) is 11.5 Å². The van der Waals surface area contributed by atoms with Gasteiger partial charge in [-0.3, -0.25) is 9.88 Å². The Kier molecular flexibility index (Phi) is 6.93. The van der Waals surface area contributed by atoms with Crippen LogP contribution < -0.4 is 19.1 Å². The van der Waals surface area contributed by atoms with Crippen LogP contribution in [0.25, 0.3) is 10.9 Å². The van der Waals surface area contributed by atoms with E-state index < -0.39 is 12.1 Å². The molecule has 0 radical (unpaired) electrons. The number of ether oxygens (including phenoxy) is 3. The smallest absolute Gasteiger partial charge is 0.413 e. The average Bonchev–Trinajstić information content (AvgIpc) is 2.90. The first-order valence-corrected chi connectivity index (χ1v) is 11.1. The summed E-state index contributed by atoms with van der Waals surface area (Å²) in [5, 5.41) is 20.6. The topological polar surface area (TPSA) is 105 Å². The van der Waals surface area contributed by atoms with E-state index in [1.165, 1.54) is 0 Å². The fourth-order valence-electron chi connectivity index (χ4n) is 4.08. The van der Waals surface area contributed by atoms with Crippen LogP contribution in [-0.2, 0) is 0 Å². The number of methoxy groups -OCH3 is 2. The van der Waals surface area contributed by atoms with Crippen LogP contribution >= 0.6 is 0 Å². The molecule has 0 aliphatic carbocycles. The first kappa shape index (κ1) is 24.4. The van der Waals surface area contributed by atoms with Gasteiger partial charge in [0.05, 0.1) is 31.5 Å². The van der Waals surface area contributed by atoms with E-state index >= 15 is 0 Å². The Labute approximate surface area is 208 Å². The lowest BCUT2D eigenvalue weighted by Gasteiger charge is -2.27. The van der Waals surface area contributed by atoms with Crippen LogP contribution in [-0.4, -0.2) is 30.4 Å². The third-order valence-electron chi connectivity index (χ3n) is 6.10. The fraction of sp³-hybridized carbons (Fsp3) is 0.179. The van der Waals surface area contributed by atoms with Crippen molar-refractivity contribution in [3.05, 3.63) is 83.6 Å². The number of aromatic nitrogens is 1. The lowest BCUT2D eigenvalue weighted by molar-refractivity contribution is 0.200. The molecule has 4 aromatic rings. The van der Waals surface area contributed by atoms with E-state index in [9.17, 15) is 15.2 Å². The number of carboxylic acid groups (broad SMARTS) is 1. The van der Waals surface area contributed by atoms with E-state index in [-0.39, 0.29) is 0 Å². The Morgan fingerprint density at radius 2 is 1.64 bits per heavy atom. The van der Waals surface area contributed by atoms with Crippen molar-refractivity contribution in [1.29, 1.82) is 5.26 Å². The number of nitriles is 1. The van der Waals surface area contributed by atoms with Crippen molar-refractivity contribution in [2.24, 2.45) is 0 Å². The molecule has 1 atom stereocenters. The maximum absolute atomic E-state index is 12.3. The first-order valence-electron chi connectivity index (χ1n) is 11.1. The molecule has 0 fully saturated rings. The molecule has 1 heterocycles. The minimum Gasteiger partial charge on any atom is -0.493 e. The van der Waals surface area contributed by atoms with Crippen molar-refractivity contribution in [3.8, 4) is 29.1 Å². The number of fused-ring (bicyclic) bond motifs is 1. The highest BCUT2D eigenvalue weighted by molar-refractivity contribution is 5.90. The number of amides is 1. The molecular formula is C28H25N3O5. The van der Waals surface area contributed by atoms with E-state index in [1.54, 1.807) is 75.0 Å². The molecule has 0 saturated carbocycles.